The van der Waals surface area contributed by atoms with Gasteiger partial charge in [0.1, 0.15) is 27.9 Å². The molecule has 0 aliphatic carbocycles. The number of ether oxygens (including phenoxy) is 4. The fraction of sp³-hybridized carbons (Fsp3) is 0.364. The first-order chi connectivity index (χ1) is 15.8. The lowest BCUT2D eigenvalue weighted by atomic mass is 10.2. The summed E-state index contributed by atoms with van der Waals surface area (Å²) in [6.45, 7) is 5.59. The van der Waals surface area contributed by atoms with Crippen LogP contribution in [-0.4, -0.2) is 45.2 Å². The number of azo groups is 1. The van der Waals surface area contributed by atoms with Gasteiger partial charge in [0.25, 0.3) is 5.91 Å². The Bertz CT molecular complexity index is 1050. The monoisotopic (exact) mass is 497 g/mol. The van der Waals surface area contributed by atoms with Gasteiger partial charge in [-0.15, -0.1) is 0 Å². The van der Waals surface area contributed by atoms with E-state index in [-0.39, 0.29) is 27.2 Å². The molecule has 1 atom stereocenters. The van der Waals surface area contributed by atoms with E-state index in [4.69, 9.17) is 42.1 Å². The molecule has 0 spiro atoms. The third-order valence-electron chi connectivity index (χ3n) is 4.27. The highest BCUT2D eigenvalue weighted by Gasteiger charge is 2.26. The number of ketones is 1. The van der Waals surface area contributed by atoms with Crippen molar-refractivity contribution in [1.29, 1.82) is 0 Å². The van der Waals surface area contributed by atoms with E-state index in [0.29, 0.717) is 30.5 Å². The number of hydrogen-bond donors (Lipinski definition) is 1. The molecular weight excluding hydrogens is 473 g/mol. The van der Waals surface area contributed by atoms with Gasteiger partial charge in [0.15, 0.2) is 17.3 Å². The standard InChI is InChI=1S/C22H25Cl2N3O6/c1-6-32-13-10-14(23)20(17(11-13)33-7-2)25-22(29)19(12(3)28)27-26-15-8-9-16(30-4)21(31-5)18(15)24/h8-11,19H,6-7H2,1-5H3,(H,25,29). The quantitative estimate of drug-likeness (QED) is 0.324. The molecule has 0 radical (unpaired) electrons. The number of nitrogens with one attached hydrogen (secondary N) is 1. The Kier molecular flexibility index (Phi) is 9.74. The molecule has 2 aromatic carbocycles. The number of carbonyl (C=O) groups is 2. The Balaban J connectivity index is 2.35. The molecule has 0 saturated heterocycles. The van der Waals surface area contributed by atoms with Gasteiger partial charge in [-0.25, -0.2) is 0 Å². The number of benzene rings is 2. The van der Waals surface area contributed by atoms with Crippen LogP contribution in [0.3, 0.4) is 0 Å². The molecule has 0 saturated carbocycles. The molecule has 0 aromatic heterocycles. The van der Waals surface area contributed by atoms with Crippen molar-refractivity contribution in [1.82, 2.24) is 0 Å². The van der Waals surface area contributed by atoms with E-state index >= 15 is 0 Å². The SMILES string of the molecule is CCOc1cc(Cl)c(NC(=O)C(N=Nc2ccc(OC)c(OC)c2Cl)C(C)=O)c(OCC)c1. The maximum absolute atomic E-state index is 12.9. The number of halogens is 2. The van der Waals surface area contributed by atoms with Gasteiger partial charge in [-0.2, -0.15) is 10.2 Å². The lowest BCUT2D eigenvalue weighted by Gasteiger charge is -2.16. The van der Waals surface area contributed by atoms with E-state index in [2.05, 4.69) is 15.5 Å². The van der Waals surface area contributed by atoms with Crippen molar-refractivity contribution in [2.75, 3.05) is 32.8 Å². The third kappa shape index (κ3) is 6.49. The van der Waals surface area contributed by atoms with Crippen molar-refractivity contribution in [3.8, 4) is 23.0 Å². The summed E-state index contributed by atoms with van der Waals surface area (Å²) in [4.78, 5) is 25.1. The highest BCUT2D eigenvalue weighted by Crippen LogP contribution is 2.41. The van der Waals surface area contributed by atoms with Crippen LogP contribution in [0.4, 0.5) is 11.4 Å². The lowest BCUT2D eigenvalue weighted by Crippen LogP contribution is -2.32. The van der Waals surface area contributed by atoms with E-state index in [0.717, 1.165) is 0 Å². The molecule has 11 heteroatoms. The number of amides is 1. The van der Waals surface area contributed by atoms with Crippen LogP contribution < -0.4 is 24.3 Å². The minimum Gasteiger partial charge on any atom is -0.494 e. The molecule has 2 aromatic rings. The van der Waals surface area contributed by atoms with Crippen LogP contribution in [0.15, 0.2) is 34.5 Å². The molecule has 9 nitrogen and oxygen atoms in total. The fourth-order valence-corrected chi connectivity index (χ4v) is 3.30. The van der Waals surface area contributed by atoms with Crippen LogP contribution in [0, 0.1) is 0 Å². The fourth-order valence-electron chi connectivity index (χ4n) is 2.78. The summed E-state index contributed by atoms with van der Waals surface area (Å²) in [5.41, 5.74) is 0.389. The number of hydrogen-bond acceptors (Lipinski definition) is 8. The van der Waals surface area contributed by atoms with Gasteiger partial charge in [0, 0.05) is 12.1 Å². The zero-order valence-electron chi connectivity index (χ0n) is 18.9. The topological polar surface area (TPSA) is 108 Å². The van der Waals surface area contributed by atoms with Crippen molar-refractivity contribution < 1.29 is 28.5 Å². The molecule has 1 N–H and O–H groups in total. The third-order valence-corrected chi connectivity index (χ3v) is 4.93. The summed E-state index contributed by atoms with van der Waals surface area (Å²) >= 11 is 12.6. The molecule has 1 unspecified atom stereocenters. The molecule has 2 rings (SSSR count). The van der Waals surface area contributed by atoms with Crippen LogP contribution in [0.25, 0.3) is 0 Å². The van der Waals surface area contributed by atoms with Gasteiger partial charge >= 0.3 is 0 Å². The number of carbonyl (C=O) groups excluding carboxylic acids is 2. The van der Waals surface area contributed by atoms with Gasteiger partial charge in [-0.05, 0) is 32.9 Å². The average molecular weight is 498 g/mol. The molecule has 178 valence electrons. The molecule has 1 amide bonds. The molecule has 0 bridgehead atoms. The summed E-state index contributed by atoms with van der Waals surface area (Å²) in [5.74, 6) is 0.152. The van der Waals surface area contributed by atoms with Gasteiger partial charge in [0.2, 0.25) is 6.04 Å². The van der Waals surface area contributed by atoms with Crippen LogP contribution in [0.2, 0.25) is 10.0 Å². The first-order valence-electron chi connectivity index (χ1n) is 9.99. The Labute approximate surface area is 202 Å². The predicted molar refractivity (Wildman–Crippen MR) is 126 cm³/mol. The molecule has 33 heavy (non-hydrogen) atoms. The maximum Gasteiger partial charge on any atom is 0.258 e. The summed E-state index contributed by atoms with van der Waals surface area (Å²) in [6.07, 6.45) is 0. The molecule has 0 fully saturated rings. The zero-order valence-corrected chi connectivity index (χ0v) is 20.4. The van der Waals surface area contributed by atoms with Gasteiger partial charge in [-0.3, -0.25) is 9.59 Å². The second-order valence-corrected chi connectivity index (χ2v) is 7.28. The zero-order chi connectivity index (χ0) is 24.5. The van der Waals surface area contributed by atoms with Gasteiger partial charge in [-0.1, -0.05) is 23.2 Å². The number of methoxy groups -OCH3 is 2. The Morgan fingerprint density at radius 3 is 2.30 bits per heavy atom. The maximum atomic E-state index is 12.9. The van der Waals surface area contributed by atoms with Crippen molar-refractivity contribution in [2.45, 2.75) is 26.8 Å². The Hall–Kier alpha value is -3.04. The highest BCUT2D eigenvalue weighted by atomic mass is 35.5. The van der Waals surface area contributed by atoms with Crippen molar-refractivity contribution in [2.24, 2.45) is 10.2 Å². The predicted octanol–water partition coefficient (Wildman–Crippen LogP) is 5.49. The van der Waals surface area contributed by atoms with Crippen LogP contribution in [0.1, 0.15) is 20.8 Å². The van der Waals surface area contributed by atoms with E-state index in [1.807, 2.05) is 6.92 Å². The smallest absolute Gasteiger partial charge is 0.258 e. The number of Topliss-reactive ketones (excluding diaryl/α,β-unsaturated/α-hetero) is 1. The number of nitrogens with zero attached hydrogens (tertiary/aromatic N) is 2. The van der Waals surface area contributed by atoms with E-state index in [1.54, 1.807) is 19.1 Å². The largest absolute Gasteiger partial charge is 0.494 e. The second-order valence-electron chi connectivity index (χ2n) is 6.50. The minimum atomic E-state index is -1.45. The Morgan fingerprint density at radius 1 is 1.03 bits per heavy atom. The second kappa shape index (κ2) is 12.3. The minimum absolute atomic E-state index is 0.122. The van der Waals surface area contributed by atoms with Gasteiger partial charge in [0.05, 0.1) is 32.5 Å². The van der Waals surface area contributed by atoms with Crippen LogP contribution in [-0.2, 0) is 9.59 Å². The normalized spacial score (nSPS) is 11.7. The number of anilines is 1. The van der Waals surface area contributed by atoms with Crippen molar-refractivity contribution in [3.05, 3.63) is 34.3 Å². The molecule has 0 aliphatic heterocycles. The molecule has 0 aliphatic rings. The highest BCUT2D eigenvalue weighted by molar-refractivity contribution is 6.35. The Morgan fingerprint density at radius 2 is 1.73 bits per heavy atom. The van der Waals surface area contributed by atoms with Crippen molar-refractivity contribution >= 4 is 46.3 Å². The first-order valence-corrected chi connectivity index (χ1v) is 10.7. The van der Waals surface area contributed by atoms with Crippen LogP contribution in [0.5, 0.6) is 23.0 Å². The average Bonchev–Trinajstić information content (AvgIpc) is 2.77. The number of rotatable bonds is 11. The first kappa shape index (κ1) is 26.2. The van der Waals surface area contributed by atoms with Crippen LogP contribution >= 0.6 is 23.2 Å². The summed E-state index contributed by atoms with van der Waals surface area (Å²) in [7, 11) is 2.89. The molecular formula is C22H25Cl2N3O6. The van der Waals surface area contributed by atoms with E-state index in [1.165, 1.54) is 33.3 Å². The molecule has 0 heterocycles. The summed E-state index contributed by atoms with van der Waals surface area (Å²) in [6, 6.07) is 4.79. The summed E-state index contributed by atoms with van der Waals surface area (Å²) < 4.78 is 21.4. The van der Waals surface area contributed by atoms with Gasteiger partial charge < -0.3 is 24.3 Å². The van der Waals surface area contributed by atoms with Crippen molar-refractivity contribution in [3.63, 3.8) is 0 Å². The van der Waals surface area contributed by atoms with E-state index in [9.17, 15) is 9.59 Å². The van der Waals surface area contributed by atoms with E-state index < -0.39 is 17.7 Å². The summed E-state index contributed by atoms with van der Waals surface area (Å²) in [5, 5.41) is 10.8. The lowest BCUT2D eigenvalue weighted by molar-refractivity contribution is -0.126.